The second kappa shape index (κ2) is 5.65. The van der Waals surface area contributed by atoms with Gasteiger partial charge < -0.3 is 10.6 Å². The molecule has 0 fully saturated rings. The van der Waals surface area contributed by atoms with Gasteiger partial charge in [0.25, 0.3) is 0 Å². The Kier molecular flexibility index (Phi) is 3.95. The third-order valence-electron chi connectivity index (χ3n) is 3.05. The Hall–Kier alpha value is -1.87. The molecule has 2 rings (SSSR count). The Morgan fingerprint density at radius 1 is 1.17 bits per heavy atom. The first kappa shape index (κ1) is 12.6. The van der Waals surface area contributed by atoms with Crippen LogP contribution in [0.15, 0.2) is 42.6 Å². The van der Waals surface area contributed by atoms with Crippen molar-refractivity contribution in [3.05, 3.63) is 59.4 Å². The van der Waals surface area contributed by atoms with Crippen LogP contribution >= 0.6 is 0 Å². The van der Waals surface area contributed by atoms with E-state index >= 15 is 0 Å². The zero-order valence-corrected chi connectivity index (χ0v) is 10.9. The van der Waals surface area contributed by atoms with Gasteiger partial charge in [-0.05, 0) is 30.2 Å². The molecule has 0 radical (unpaired) electrons. The van der Waals surface area contributed by atoms with Crippen molar-refractivity contribution in [1.82, 2.24) is 4.98 Å². The number of nitrogens with zero attached hydrogens (tertiary/aromatic N) is 2. The number of rotatable bonds is 4. The summed E-state index contributed by atoms with van der Waals surface area (Å²) in [7, 11) is 2.08. The van der Waals surface area contributed by atoms with Crippen LogP contribution in [-0.4, -0.2) is 12.0 Å². The second-order valence-corrected chi connectivity index (χ2v) is 4.50. The van der Waals surface area contributed by atoms with E-state index in [1.165, 1.54) is 11.3 Å². The maximum Gasteiger partial charge on any atom is 0.0598 e. The molecule has 0 amide bonds. The van der Waals surface area contributed by atoms with Gasteiger partial charge in [-0.2, -0.15) is 0 Å². The fourth-order valence-electron chi connectivity index (χ4n) is 1.99. The maximum absolute atomic E-state index is 5.56. The lowest BCUT2D eigenvalue weighted by atomic mass is 10.2. The summed E-state index contributed by atoms with van der Waals surface area (Å²) in [5, 5.41) is 0. The summed E-state index contributed by atoms with van der Waals surface area (Å²) >= 11 is 0. The van der Waals surface area contributed by atoms with E-state index in [-0.39, 0.29) is 0 Å². The fraction of sp³-hybridized carbons (Fsp3) is 0.267. The SMILES string of the molecule is Cc1ccccc1N(C)Cc1ccc(CN)cn1. The molecule has 0 saturated carbocycles. The average Bonchev–Trinajstić information content (AvgIpc) is 2.40. The summed E-state index contributed by atoms with van der Waals surface area (Å²) < 4.78 is 0. The van der Waals surface area contributed by atoms with E-state index in [1.807, 2.05) is 18.3 Å². The van der Waals surface area contributed by atoms with Gasteiger partial charge in [0.15, 0.2) is 0 Å². The number of aryl methyl sites for hydroxylation is 1. The molecule has 94 valence electrons. The highest BCUT2D eigenvalue weighted by Gasteiger charge is 2.05. The molecular formula is C15H19N3. The number of hydrogen-bond donors (Lipinski definition) is 1. The van der Waals surface area contributed by atoms with Gasteiger partial charge in [0, 0.05) is 25.5 Å². The molecule has 0 saturated heterocycles. The smallest absolute Gasteiger partial charge is 0.0598 e. The Morgan fingerprint density at radius 3 is 2.56 bits per heavy atom. The van der Waals surface area contributed by atoms with Crippen LogP contribution in [0.5, 0.6) is 0 Å². The minimum absolute atomic E-state index is 0.543. The molecule has 0 unspecified atom stereocenters. The van der Waals surface area contributed by atoms with E-state index in [9.17, 15) is 0 Å². The number of benzene rings is 1. The van der Waals surface area contributed by atoms with Crippen molar-refractivity contribution in [2.75, 3.05) is 11.9 Å². The van der Waals surface area contributed by atoms with Crippen LogP contribution in [-0.2, 0) is 13.1 Å². The van der Waals surface area contributed by atoms with Gasteiger partial charge in [0.1, 0.15) is 0 Å². The molecule has 1 heterocycles. The summed E-state index contributed by atoms with van der Waals surface area (Å²) in [6.07, 6.45) is 1.85. The largest absolute Gasteiger partial charge is 0.368 e. The average molecular weight is 241 g/mol. The highest BCUT2D eigenvalue weighted by molar-refractivity contribution is 5.52. The monoisotopic (exact) mass is 241 g/mol. The molecule has 0 aliphatic rings. The summed E-state index contributed by atoms with van der Waals surface area (Å²) in [5.41, 5.74) is 10.2. The quantitative estimate of drug-likeness (QED) is 0.894. The van der Waals surface area contributed by atoms with Gasteiger partial charge in [-0.1, -0.05) is 24.3 Å². The third kappa shape index (κ3) is 2.87. The van der Waals surface area contributed by atoms with Crippen LogP contribution in [0.2, 0.25) is 0 Å². The van der Waals surface area contributed by atoms with E-state index in [1.54, 1.807) is 0 Å². The molecule has 1 aromatic heterocycles. The number of anilines is 1. The van der Waals surface area contributed by atoms with Crippen molar-refractivity contribution in [3.8, 4) is 0 Å². The van der Waals surface area contributed by atoms with Gasteiger partial charge in [-0.3, -0.25) is 4.98 Å². The summed E-state index contributed by atoms with van der Waals surface area (Å²) in [6, 6.07) is 12.4. The van der Waals surface area contributed by atoms with Crippen LogP contribution in [0.1, 0.15) is 16.8 Å². The predicted molar refractivity (Wildman–Crippen MR) is 75.4 cm³/mol. The van der Waals surface area contributed by atoms with Crippen molar-refractivity contribution < 1.29 is 0 Å². The van der Waals surface area contributed by atoms with E-state index in [0.29, 0.717) is 6.54 Å². The lowest BCUT2D eigenvalue weighted by Crippen LogP contribution is -2.18. The molecule has 0 spiro atoms. The Labute approximate surface area is 108 Å². The Bertz CT molecular complexity index is 505. The predicted octanol–water partition coefficient (Wildman–Crippen LogP) is 2.49. The summed E-state index contributed by atoms with van der Waals surface area (Å²) in [5.74, 6) is 0. The molecular weight excluding hydrogens is 222 g/mol. The van der Waals surface area contributed by atoms with Crippen molar-refractivity contribution in [2.24, 2.45) is 5.73 Å². The molecule has 0 aliphatic carbocycles. The minimum atomic E-state index is 0.543. The molecule has 2 aromatic rings. The number of para-hydroxylation sites is 1. The zero-order valence-electron chi connectivity index (χ0n) is 10.9. The molecule has 18 heavy (non-hydrogen) atoms. The van der Waals surface area contributed by atoms with Crippen molar-refractivity contribution >= 4 is 5.69 Å². The number of hydrogen-bond acceptors (Lipinski definition) is 3. The van der Waals surface area contributed by atoms with Gasteiger partial charge in [-0.25, -0.2) is 0 Å². The van der Waals surface area contributed by atoms with Crippen molar-refractivity contribution in [1.29, 1.82) is 0 Å². The topological polar surface area (TPSA) is 42.1 Å². The number of aromatic nitrogens is 1. The van der Waals surface area contributed by atoms with E-state index in [2.05, 4.69) is 48.1 Å². The summed E-state index contributed by atoms with van der Waals surface area (Å²) in [6.45, 7) is 3.47. The van der Waals surface area contributed by atoms with Crippen LogP contribution in [0, 0.1) is 6.92 Å². The van der Waals surface area contributed by atoms with Crippen molar-refractivity contribution in [2.45, 2.75) is 20.0 Å². The van der Waals surface area contributed by atoms with E-state index < -0.39 is 0 Å². The summed E-state index contributed by atoms with van der Waals surface area (Å²) in [4.78, 5) is 6.63. The van der Waals surface area contributed by atoms with Crippen LogP contribution in [0.3, 0.4) is 0 Å². The Balaban J connectivity index is 2.11. The molecule has 0 bridgehead atoms. The standard InChI is InChI=1S/C15H19N3/c1-12-5-3-4-6-15(12)18(2)11-14-8-7-13(9-16)10-17-14/h3-8,10H,9,11,16H2,1-2H3. The lowest BCUT2D eigenvalue weighted by molar-refractivity contribution is 0.874. The highest BCUT2D eigenvalue weighted by atomic mass is 15.1. The minimum Gasteiger partial charge on any atom is -0.368 e. The molecule has 0 aliphatic heterocycles. The first-order valence-electron chi connectivity index (χ1n) is 6.11. The van der Waals surface area contributed by atoms with Crippen LogP contribution < -0.4 is 10.6 Å². The first-order chi connectivity index (χ1) is 8.70. The fourth-order valence-corrected chi connectivity index (χ4v) is 1.99. The van der Waals surface area contributed by atoms with Gasteiger partial charge in [0.2, 0.25) is 0 Å². The van der Waals surface area contributed by atoms with E-state index in [0.717, 1.165) is 17.8 Å². The molecule has 3 nitrogen and oxygen atoms in total. The number of pyridine rings is 1. The maximum atomic E-state index is 5.56. The number of nitrogens with two attached hydrogens (primary N) is 1. The van der Waals surface area contributed by atoms with Crippen molar-refractivity contribution in [3.63, 3.8) is 0 Å². The lowest BCUT2D eigenvalue weighted by Gasteiger charge is -2.21. The van der Waals surface area contributed by atoms with Crippen LogP contribution in [0.25, 0.3) is 0 Å². The molecule has 3 heteroatoms. The third-order valence-corrected chi connectivity index (χ3v) is 3.05. The molecule has 2 N–H and O–H groups in total. The first-order valence-corrected chi connectivity index (χ1v) is 6.11. The molecule has 1 aromatic carbocycles. The van der Waals surface area contributed by atoms with Gasteiger partial charge in [-0.15, -0.1) is 0 Å². The normalized spacial score (nSPS) is 10.4. The Morgan fingerprint density at radius 2 is 1.94 bits per heavy atom. The highest BCUT2D eigenvalue weighted by Crippen LogP contribution is 2.19. The zero-order chi connectivity index (χ0) is 13.0. The van der Waals surface area contributed by atoms with Crippen LogP contribution in [0.4, 0.5) is 5.69 Å². The molecule has 0 atom stereocenters. The second-order valence-electron chi connectivity index (χ2n) is 4.50. The van der Waals surface area contributed by atoms with Gasteiger partial charge in [0.05, 0.1) is 12.2 Å². The van der Waals surface area contributed by atoms with Gasteiger partial charge >= 0.3 is 0 Å². The van der Waals surface area contributed by atoms with E-state index in [4.69, 9.17) is 5.73 Å².